The number of esters is 1. The predicted octanol–water partition coefficient (Wildman–Crippen LogP) is 1.33. The van der Waals surface area contributed by atoms with Crippen molar-refractivity contribution in [2.45, 2.75) is 13.5 Å². The number of carbonyl (C=O) groups excluding carboxylic acids is 2. The molecule has 0 aliphatic heterocycles. The molecule has 7 nitrogen and oxygen atoms in total. The molecule has 0 aliphatic carbocycles. The van der Waals surface area contributed by atoms with Gasteiger partial charge in [0.1, 0.15) is 17.0 Å². The first-order valence-corrected chi connectivity index (χ1v) is 10.5. The molecule has 3 aromatic rings. The first kappa shape index (κ1) is 22.3. The van der Waals surface area contributed by atoms with Crippen LogP contribution in [0.2, 0.25) is 0 Å². The molecule has 0 atom stereocenters. The molecule has 0 bridgehead atoms. The highest BCUT2D eigenvalue weighted by Crippen LogP contribution is 2.28. The maximum Gasteiger partial charge on any atom is 0.333 e. The van der Waals surface area contributed by atoms with Gasteiger partial charge in [-0.05, 0) is 29.8 Å². The van der Waals surface area contributed by atoms with E-state index in [1.54, 1.807) is 34.2 Å². The fourth-order valence-corrected chi connectivity index (χ4v) is 4.10. The average Bonchev–Trinajstić information content (AvgIpc) is 3.02. The van der Waals surface area contributed by atoms with Crippen LogP contribution in [0.15, 0.2) is 41.2 Å². The fourth-order valence-electron chi connectivity index (χ4n) is 3.09. The van der Waals surface area contributed by atoms with Gasteiger partial charge in [0.15, 0.2) is 0 Å². The minimum Gasteiger partial charge on any atom is -0.496 e. The van der Waals surface area contributed by atoms with Gasteiger partial charge in [-0.1, -0.05) is 30.3 Å². The van der Waals surface area contributed by atoms with Crippen LogP contribution in [0, 0.1) is 0 Å². The van der Waals surface area contributed by atoms with Gasteiger partial charge in [0, 0.05) is 19.7 Å². The molecule has 162 valence electrons. The number of ether oxygens (including phenoxy) is 2. The van der Waals surface area contributed by atoms with E-state index in [2.05, 4.69) is 0 Å². The van der Waals surface area contributed by atoms with E-state index in [0.717, 1.165) is 27.7 Å². The topological polar surface area (TPSA) is 77.8 Å². The third-order valence-corrected chi connectivity index (χ3v) is 5.74. The largest absolute Gasteiger partial charge is 0.496 e. The number of rotatable bonds is 6. The van der Waals surface area contributed by atoms with Crippen LogP contribution in [-0.2, 0) is 20.9 Å². The lowest BCUT2D eigenvalue weighted by molar-refractivity contribution is -0.135. The van der Waals surface area contributed by atoms with Gasteiger partial charge in [0.2, 0.25) is 5.91 Å². The number of thiazole rings is 1. The van der Waals surface area contributed by atoms with Crippen molar-refractivity contribution in [3.05, 3.63) is 61.5 Å². The smallest absolute Gasteiger partial charge is 0.333 e. The molecule has 8 heteroatoms. The van der Waals surface area contributed by atoms with E-state index < -0.39 is 5.97 Å². The average molecular weight is 441 g/mol. The van der Waals surface area contributed by atoms with Crippen molar-refractivity contribution in [1.82, 2.24) is 9.47 Å². The zero-order valence-electron chi connectivity index (χ0n) is 17.9. The summed E-state index contributed by atoms with van der Waals surface area (Å²) >= 11 is 1.13. The van der Waals surface area contributed by atoms with Gasteiger partial charge in [-0.2, -0.15) is 0 Å². The van der Waals surface area contributed by atoms with Crippen LogP contribution < -0.4 is 19.5 Å². The zero-order chi connectivity index (χ0) is 22.5. The Morgan fingerprint density at radius 3 is 2.58 bits per heavy atom. The predicted molar refractivity (Wildman–Crippen MR) is 122 cm³/mol. The Kier molecular flexibility index (Phi) is 6.91. The second-order valence-corrected chi connectivity index (χ2v) is 7.99. The Morgan fingerprint density at radius 2 is 1.90 bits per heavy atom. The third-order valence-electron chi connectivity index (χ3n) is 4.68. The molecule has 0 saturated carbocycles. The van der Waals surface area contributed by atoms with Crippen molar-refractivity contribution in [3.63, 3.8) is 0 Å². The molecule has 3 rings (SSSR count). The summed E-state index contributed by atoms with van der Waals surface area (Å²) in [6.07, 6.45) is 2.99. The van der Waals surface area contributed by atoms with Gasteiger partial charge >= 0.3 is 5.97 Å². The third kappa shape index (κ3) is 4.86. The summed E-state index contributed by atoms with van der Waals surface area (Å²) in [7, 11) is 4.80. The molecule has 31 heavy (non-hydrogen) atoms. The van der Waals surface area contributed by atoms with E-state index >= 15 is 0 Å². The summed E-state index contributed by atoms with van der Waals surface area (Å²) in [6, 6.07) is 11.6. The molecule has 0 N–H and O–H groups in total. The van der Waals surface area contributed by atoms with E-state index in [4.69, 9.17) is 9.47 Å². The lowest BCUT2D eigenvalue weighted by Crippen LogP contribution is -2.38. The van der Waals surface area contributed by atoms with Gasteiger partial charge in [0.05, 0.1) is 24.3 Å². The molecule has 0 saturated heterocycles. The number of carbonyl (C=O) groups is 2. The molecule has 0 spiro atoms. The normalized spacial score (nSPS) is 12.3. The zero-order valence-corrected chi connectivity index (χ0v) is 18.7. The number of hydrogen-bond donors (Lipinski definition) is 0. The van der Waals surface area contributed by atoms with Crippen LogP contribution in [-0.4, -0.2) is 49.2 Å². The van der Waals surface area contributed by atoms with Crippen LogP contribution in [0.4, 0.5) is 0 Å². The molecular weight excluding hydrogens is 416 g/mol. The van der Waals surface area contributed by atoms with E-state index in [-0.39, 0.29) is 24.6 Å². The molecule has 0 aliphatic rings. The van der Waals surface area contributed by atoms with Gasteiger partial charge in [-0.3, -0.25) is 14.2 Å². The van der Waals surface area contributed by atoms with Crippen LogP contribution in [0.3, 0.4) is 0 Å². The molecule has 1 amide bonds. The van der Waals surface area contributed by atoms with E-state index in [1.807, 2.05) is 36.4 Å². The van der Waals surface area contributed by atoms with E-state index in [9.17, 15) is 14.4 Å². The van der Waals surface area contributed by atoms with Crippen LogP contribution in [0.25, 0.3) is 22.9 Å². The summed E-state index contributed by atoms with van der Waals surface area (Å²) in [4.78, 5) is 38.9. The Labute approximate surface area is 183 Å². The summed E-state index contributed by atoms with van der Waals surface area (Å²) in [5, 5.41) is 1.94. The minimum atomic E-state index is -0.566. The number of nitrogens with zero attached hydrogens (tertiary/aromatic N) is 2. The van der Waals surface area contributed by atoms with Gasteiger partial charge in [0.25, 0.3) is 5.56 Å². The molecule has 2 aromatic carbocycles. The standard InChI is InChI=1S/C23H24N2O5S/c1-5-30-22(27)13-21-25(14-20(26)24(2)3)23(28)19(31-21)12-17-16-9-7-6-8-15(16)10-11-18(17)29-4/h6-13H,5,14H2,1-4H3. The maximum atomic E-state index is 13.2. The van der Waals surface area contributed by atoms with Crippen molar-refractivity contribution in [2.75, 3.05) is 27.8 Å². The van der Waals surface area contributed by atoms with Crippen molar-refractivity contribution >= 4 is 46.1 Å². The number of likely N-dealkylation sites (N-methyl/N-ethyl adjacent to an activating group) is 1. The fraction of sp³-hybridized carbons (Fsp3) is 0.261. The van der Waals surface area contributed by atoms with Gasteiger partial charge in [-0.15, -0.1) is 11.3 Å². The quantitative estimate of drug-likeness (QED) is 0.541. The molecule has 0 fully saturated rings. The van der Waals surface area contributed by atoms with Crippen LogP contribution in [0.5, 0.6) is 5.75 Å². The summed E-state index contributed by atoms with van der Waals surface area (Å²) in [5.74, 6) is -0.199. The van der Waals surface area contributed by atoms with Gasteiger partial charge < -0.3 is 14.4 Å². The second-order valence-electron chi connectivity index (χ2n) is 6.93. The molecular formula is C23H24N2O5S. The molecule has 0 radical (unpaired) electrons. The molecule has 1 aromatic heterocycles. The highest BCUT2D eigenvalue weighted by Gasteiger charge is 2.13. The number of aromatic nitrogens is 1. The Morgan fingerprint density at radius 1 is 1.16 bits per heavy atom. The van der Waals surface area contributed by atoms with Crippen LogP contribution in [0.1, 0.15) is 12.5 Å². The summed E-state index contributed by atoms with van der Waals surface area (Å²) < 4.78 is 12.5. The SMILES string of the molecule is CCOC(=O)C=c1sc(=Cc2c(OC)ccc3ccccc23)c(=O)n1CC(=O)N(C)C. The monoisotopic (exact) mass is 440 g/mol. The Bertz CT molecular complexity index is 1300. The first-order valence-electron chi connectivity index (χ1n) is 9.71. The lowest BCUT2D eigenvalue weighted by atomic mass is 10.0. The first-order chi connectivity index (χ1) is 14.8. The van der Waals surface area contributed by atoms with Crippen LogP contribution >= 0.6 is 11.3 Å². The summed E-state index contributed by atoms with van der Waals surface area (Å²) in [5.41, 5.74) is 0.401. The summed E-state index contributed by atoms with van der Waals surface area (Å²) in [6.45, 7) is 1.75. The van der Waals surface area contributed by atoms with E-state index in [0.29, 0.717) is 14.9 Å². The second kappa shape index (κ2) is 9.61. The maximum absolute atomic E-state index is 13.2. The number of benzene rings is 2. The van der Waals surface area contributed by atoms with Gasteiger partial charge in [-0.25, -0.2) is 4.79 Å². The minimum absolute atomic E-state index is 0.173. The van der Waals surface area contributed by atoms with E-state index in [1.165, 1.54) is 15.5 Å². The van der Waals surface area contributed by atoms with Crippen molar-refractivity contribution in [3.8, 4) is 5.75 Å². The molecule has 1 heterocycles. The lowest BCUT2D eigenvalue weighted by Gasteiger charge is -2.10. The van der Waals surface area contributed by atoms with Crippen molar-refractivity contribution in [1.29, 1.82) is 0 Å². The van der Waals surface area contributed by atoms with Crippen molar-refractivity contribution in [2.24, 2.45) is 0 Å². The highest BCUT2D eigenvalue weighted by molar-refractivity contribution is 7.07. The highest BCUT2D eigenvalue weighted by atomic mass is 32.1. The number of fused-ring (bicyclic) bond motifs is 1. The Balaban J connectivity index is 2.28. The molecule has 0 unspecified atom stereocenters. The Hall–Kier alpha value is -3.39. The van der Waals surface area contributed by atoms with Crippen molar-refractivity contribution < 1.29 is 19.1 Å². The number of hydrogen-bond acceptors (Lipinski definition) is 6. The number of amides is 1. The number of methoxy groups -OCH3 is 1.